The zero-order valence-corrected chi connectivity index (χ0v) is 10.4. The van der Waals surface area contributed by atoms with E-state index in [-0.39, 0.29) is 11.9 Å². The normalized spacial score (nSPS) is 26.7. The molecule has 0 saturated heterocycles. The molecule has 0 radical (unpaired) electrons. The van der Waals surface area contributed by atoms with Gasteiger partial charge in [-0.1, -0.05) is 6.92 Å². The molecule has 6 nitrogen and oxygen atoms in total. The highest BCUT2D eigenvalue weighted by Gasteiger charge is 2.40. The zero-order chi connectivity index (χ0) is 13.0. The van der Waals surface area contributed by atoms with Crippen molar-refractivity contribution < 1.29 is 0 Å². The molecular formula is C12H16N6. The molecule has 0 aromatic carbocycles. The predicted molar refractivity (Wildman–Crippen MR) is 64.3 cm³/mol. The molecule has 94 valence electrons. The van der Waals surface area contributed by atoms with Gasteiger partial charge >= 0.3 is 0 Å². The van der Waals surface area contributed by atoms with Crippen LogP contribution < -0.4 is 5.32 Å². The fourth-order valence-corrected chi connectivity index (χ4v) is 2.41. The highest BCUT2D eigenvalue weighted by molar-refractivity contribution is 5.13. The van der Waals surface area contributed by atoms with E-state index >= 15 is 0 Å². The van der Waals surface area contributed by atoms with Crippen LogP contribution in [0.1, 0.15) is 44.5 Å². The number of nitrogens with one attached hydrogen (secondary N) is 1. The van der Waals surface area contributed by atoms with Crippen molar-refractivity contribution in [1.29, 1.82) is 10.5 Å². The number of rotatable bonds is 4. The molecule has 1 aliphatic rings. The van der Waals surface area contributed by atoms with Crippen molar-refractivity contribution in [1.82, 2.24) is 20.1 Å². The van der Waals surface area contributed by atoms with Crippen LogP contribution in [0.5, 0.6) is 0 Å². The molecule has 0 aliphatic heterocycles. The number of nitriles is 2. The van der Waals surface area contributed by atoms with Crippen molar-refractivity contribution in [2.45, 2.75) is 44.2 Å². The number of hydrogen-bond donors (Lipinski definition) is 1. The van der Waals surface area contributed by atoms with E-state index in [0.29, 0.717) is 0 Å². The quantitative estimate of drug-likeness (QED) is 0.857. The zero-order valence-electron chi connectivity index (χ0n) is 10.4. The summed E-state index contributed by atoms with van der Waals surface area (Å²) in [6, 6.07) is 4.47. The maximum atomic E-state index is 9.35. The van der Waals surface area contributed by atoms with E-state index in [4.69, 9.17) is 5.26 Å². The molecule has 18 heavy (non-hydrogen) atoms. The Labute approximate surface area is 106 Å². The Kier molecular flexibility index (Phi) is 3.59. The van der Waals surface area contributed by atoms with Crippen LogP contribution in [0.2, 0.25) is 0 Å². The topological polar surface area (TPSA) is 90.3 Å². The highest BCUT2D eigenvalue weighted by Crippen LogP contribution is 2.36. The highest BCUT2D eigenvalue weighted by atomic mass is 15.3. The maximum Gasteiger partial charge on any atom is 0.252 e. The van der Waals surface area contributed by atoms with E-state index in [0.717, 1.165) is 32.2 Å². The van der Waals surface area contributed by atoms with Crippen molar-refractivity contribution in [3.8, 4) is 12.1 Å². The molecule has 1 saturated carbocycles. The van der Waals surface area contributed by atoms with Gasteiger partial charge < -0.3 is 0 Å². The Bertz CT molecular complexity index is 493. The van der Waals surface area contributed by atoms with E-state index in [1.54, 1.807) is 11.0 Å². The molecule has 2 unspecified atom stereocenters. The van der Waals surface area contributed by atoms with Crippen molar-refractivity contribution in [3.05, 3.63) is 12.2 Å². The molecule has 0 amide bonds. The molecule has 1 aromatic heterocycles. The van der Waals surface area contributed by atoms with Crippen LogP contribution in [0.25, 0.3) is 0 Å². The van der Waals surface area contributed by atoms with Gasteiger partial charge in [0.15, 0.2) is 0 Å². The monoisotopic (exact) mass is 244 g/mol. The Hall–Kier alpha value is -1.92. The Balaban J connectivity index is 2.07. The average molecular weight is 244 g/mol. The lowest BCUT2D eigenvalue weighted by molar-refractivity contribution is 0.388. The first kappa shape index (κ1) is 12.5. The lowest BCUT2D eigenvalue weighted by atomic mass is 9.99. The van der Waals surface area contributed by atoms with Gasteiger partial charge in [0.25, 0.3) is 5.82 Å². The molecule has 1 heterocycles. The van der Waals surface area contributed by atoms with E-state index in [2.05, 4.69) is 28.4 Å². The van der Waals surface area contributed by atoms with Gasteiger partial charge in [0.1, 0.15) is 17.9 Å². The third-order valence-electron chi connectivity index (χ3n) is 3.40. The van der Waals surface area contributed by atoms with Gasteiger partial charge in [-0.15, -0.1) is 5.10 Å². The fourth-order valence-electron chi connectivity index (χ4n) is 2.41. The van der Waals surface area contributed by atoms with Gasteiger partial charge in [-0.3, -0.25) is 5.32 Å². The summed E-state index contributed by atoms with van der Waals surface area (Å²) in [4.78, 5) is 3.90. The van der Waals surface area contributed by atoms with Crippen LogP contribution in [0, 0.1) is 22.7 Å². The second kappa shape index (κ2) is 5.16. The van der Waals surface area contributed by atoms with Crippen molar-refractivity contribution in [2.24, 2.45) is 0 Å². The van der Waals surface area contributed by atoms with Gasteiger partial charge in [0.05, 0.1) is 12.1 Å². The summed E-state index contributed by atoms with van der Waals surface area (Å²) in [5.41, 5.74) is -0.445. The molecule has 1 aliphatic carbocycles. The second-order valence-corrected chi connectivity index (χ2v) is 4.68. The van der Waals surface area contributed by atoms with Gasteiger partial charge in [0.2, 0.25) is 0 Å². The maximum absolute atomic E-state index is 9.35. The molecule has 2 rings (SSSR count). The third-order valence-corrected chi connectivity index (χ3v) is 3.40. The van der Waals surface area contributed by atoms with E-state index in [1.165, 1.54) is 0 Å². The van der Waals surface area contributed by atoms with Crippen molar-refractivity contribution in [3.63, 3.8) is 0 Å². The average Bonchev–Trinajstić information content (AvgIpc) is 3.03. The SMILES string of the molecule is CCCNC1(C#N)CCC(n2cnc(C#N)n2)C1. The van der Waals surface area contributed by atoms with Crippen LogP contribution in [0.3, 0.4) is 0 Å². The molecule has 0 spiro atoms. The third kappa shape index (κ3) is 2.34. The summed E-state index contributed by atoms with van der Waals surface area (Å²) in [5.74, 6) is 0.186. The number of aromatic nitrogens is 3. The summed E-state index contributed by atoms with van der Waals surface area (Å²) in [5, 5.41) is 25.5. The van der Waals surface area contributed by atoms with E-state index in [9.17, 15) is 5.26 Å². The van der Waals surface area contributed by atoms with Crippen LogP contribution in [-0.4, -0.2) is 26.8 Å². The number of nitrogens with zero attached hydrogens (tertiary/aromatic N) is 5. The first-order valence-electron chi connectivity index (χ1n) is 6.20. The van der Waals surface area contributed by atoms with E-state index < -0.39 is 5.54 Å². The first-order chi connectivity index (χ1) is 8.73. The molecule has 1 N–H and O–H groups in total. The summed E-state index contributed by atoms with van der Waals surface area (Å²) in [6.07, 6.45) is 5.01. The van der Waals surface area contributed by atoms with Gasteiger partial charge in [-0.25, -0.2) is 9.67 Å². The smallest absolute Gasteiger partial charge is 0.252 e. The molecule has 1 fully saturated rings. The second-order valence-electron chi connectivity index (χ2n) is 4.68. The predicted octanol–water partition coefficient (Wildman–Crippen LogP) is 1.14. The molecular weight excluding hydrogens is 228 g/mol. The minimum Gasteiger partial charge on any atom is -0.299 e. The van der Waals surface area contributed by atoms with Gasteiger partial charge in [0, 0.05) is 6.42 Å². The molecule has 2 atom stereocenters. The largest absolute Gasteiger partial charge is 0.299 e. The molecule has 6 heteroatoms. The first-order valence-corrected chi connectivity index (χ1v) is 6.20. The minimum absolute atomic E-state index is 0.156. The number of hydrogen-bond acceptors (Lipinski definition) is 5. The molecule has 1 aromatic rings. The Morgan fingerprint density at radius 2 is 2.44 bits per heavy atom. The standard InChI is InChI=1S/C12H16N6/c1-2-5-16-12(8-14)4-3-10(6-12)18-9-15-11(7-13)17-18/h9-10,16H,2-6H2,1H3. The van der Waals surface area contributed by atoms with Crippen LogP contribution in [-0.2, 0) is 0 Å². The Morgan fingerprint density at radius 3 is 3.06 bits per heavy atom. The lowest BCUT2D eigenvalue weighted by Gasteiger charge is -2.22. The van der Waals surface area contributed by atoms with Gasteiger partial charge in [-0.2, -0.15) is 10.5 Å². The van der Waals surface area contributed by atoms with Crippen molar-refractivity contribution in [2.75, 3.05) is 6.54 Å². The summed E-state index contributed by atoms with van der Waals surface area (Å²) >= 11 is 0. The van der Waals surface area contributed by atoms with Crippen molar-refractivity contribution >= 4 is 0 Å². The van der Waals surface area contributed by atoms with Crippen LogP contribution >= 0.6 is 0 Å². The van der Waals surface area contributed by atoms with E-state index in [1.807, 2.05) is 6.07 Å². The fraction of sp³-hybridized carbons (Fsp3) is 0.667. The summed E-state index contributed by atoms with van der Waals surface area (Å²) in [6.45, 7) is 2.93. The molecule has 0 bridgehead atoms. The summed E-state index contributed by atoms with van der Waals surface area (Å²) < 4.78 is 1.71. The Morgan fingerprint density at radius 1 is 1.61 bits per heavy atom. The van der Waals surface area contributed by atoms with Crippen LogP contribution in [0.15, 0.2) is 6.33 Å². The van der Waals surface area contributed by atoms with Crippen LogP contribution in [0.4, 0.5) is 0 Å². The van der Waals surface area contributed by atoms with Gasteiger partial charge in [-0.05, 0) is 25.8 Å². The lowest BCUT2D eigenvalue weighted by Crippen LogP contribution is -2.42. The summed E-state index contributed by atoms with van der Waals surface area (Å²) in [7, 11) is 0. The minimum atomic E-state index is -0.445.